The number of amides is 1. The third-order valence-electron chi connectivity index (χ3n) is 6.36. The van der Waals surface area contributed by atoms with E-state index in [9.17, 15) is 15.0 Å². The number of nitrogens with two attached hydrogens (primary N) is 1. The zero-order valence-electron chi connectivity index (χ0n) is 20.7. The van der Waals surface area contributed by atoms with E-state index in [0.29, 0.717) is 6.42 Å². The smallest absolute Gasteiger partial charge is 0.224 e. The molecule has 0 rings (SSSR count). The first kappa shape index (κ1) is 29.9. The first-order chi connectivity index (χ1) is 14.8. The lowest BCUT2D eigenvalue weighted by Gasteiger charge is -2.40. The number of primary amides is 1. The predicted molar refractivity (Wildman–Crippen MR) is 133 cm³/mol. The van der Waals surface area contributed by atoms with Gasteiger partial charge in [0.2, 0.25) is 5.91 Å². The standard InChI is InChI=1S/C27H51NO3/c1-5-7-8-9-10-11-12-13-14-15-16-17-18-20-25(19-6-2)27(26(28)31,21-23(3)29)22-24(4)30/h6,13-14,23-25,29-30H,2,5,7-12,15-22H2,1,3-4H3,(H2,28,31)/b14-13-. The minimum Gasteiger partial charge on any atom is -0.393 e. The molecule has 0 bridgehead atoms. The summed E-state index contributed by atoms with van der Waals surface area (Å²) in [6, 6.07) is 0. The van der Waals surface area contributed by atoms with Gasteiger partial charge in [0.25, 0.3) is 0 Å². The van der Waals surface area contributed by atoms with Crippen LogP contribution in [0.4, 0.5) is 0 Å². The minimum atomic E-state index is -0.895. The highest BCUT2D eigenvalue weighted by atomic mass is 16.3. The maximum atomic E-state index is 12.5. The van der Waals surface area contributed by atoms with E-state index in [-0.39, 0.29) is 18.8 Å². The average Bonchev–Trinajstić information content (AvgIpc) is 2.69. The number of aliphatic hydroxyl groups is 2. The molecule has 0 radical (unpaired) electrons. The van der Waals surface area contributed by atoms with Gasteiger partial charge in [0.15, 0.2) is 0 Å². The molecule has 3 unspecified atom stereocenters. The van der Waals surface area contributed by atoms with Gasteiger partial charge in [-0.05, 0) is 71.1 Å². The van der Waals surface area contributed by atoms with Gasteiger partial charge in [-0.3, -0.25) is 4.79 Å². The third-order valence-corrected chi connectivity index (χ3v) is 6.36. The molecule has 31 heavy (non-hydrogen) atoms. The van der Waals surface area contributed by atoms with Crippen LogP contribution in [0.2, 0.25) is 0 Å². The normalized spacial score (nSPS) is 16.7. The van der Waals surface area contributed by atoms with Crippen LogP contribution in [0.25, 0.3) is 0 Å². The Kier molecular flexibility index (Phi) is 17.8. The van der Waals surface area contributed by atoms with E-state index in [1.807, 2.05) is 6.08 Å². The van der Waals surface area contributed by atoms with Crippen LogP contribution in [0.15, 0.2) is 24.8 Å². The van der Waals surface area contributed by atoms with Gasteiger partial charge in [0, 0.05) is 0 Å². The Bertz CT molecular complexity index is 475. The van der Waals surface area contributed by atoms with E-state index in [0.717, 1.165) is 32.1 Å². The van der Waals surface area contributed by atoms with E-state index >= 15 is 0 Å². The Balaban J connectivity index is 4.45. The average molecular weight is 438 g/mol. The second-order valence-electron chi connectivity index (χ2n) is 9.51. The van der Waals surface area contributed by atoms with Crippen LogP contribution in [0, 0.1) is 11.3 Å². The summed E-state index contributed by atoms with van der Waals surface area (Å²) in [6.07, 6.45) is 20.9. The summed E-state index contributed by atoms with van der Waals surface area (Å²) < 4.78 is 0. The maximum absolute atomic E-state index is 12.5. The van der Waals surface area contributed by atoms with E-state index in [1.165, 1.54) is 44.9 Å². The number of hydrogen-bond donors (Lipinski definition) is 3. The number of carbonyl (C=O) groups excluding carboxylic acids is 1. The molecule has 3 atom stereocenters. The van der Waals surface area contributed by atoms with E-state index in [1.54, 1.807) is 13.8 Å². The maximum Gasteiger partial charge on any atom is 0.224 e. The monoisotopic (exact) mass is 437 g/mol. The van der Waals surface area contributed by atoms with Crippen molar-refractivity contribution in [3.05, 3.63) is 24.8 Å². The van der Waals surface area contributed by atoms with Crippen molar-refractivity contribution < 1.29 is 15.0 Å². The predicted octanol–water partition coefficient (Wildman–Crippen LogP) is 6.45. The summed E-state index contributed by atoms with van der Waals surface area (Å²) >= 11 is 0. The molecule has 0 aliphatic carbocycles. The largest absolute Gasteiger partial charge is 0.393 e. The van der Waals surface area contributed by atoms with Crippen LogP contribution < -0.4 is 5.73 Å². The zero-order chi connectivity index (χ0) is 23.5. The van der Waals surface area contributed by atoms with Gasteiger partial charge in [0.1, 0.15) is 0 Å². The topological polar surface area (TPSA) is 83.6 Å². The van der Waals surface area contributed by atoms with Crippen molar-refractivity contribution in [3.8, 4) is 0 Å². The summed E-state index contributed by atoms with van der Waals surface area (Å²) in [5, 5.41) is 20.1. The fourth-order valence-corrected chi connectivity index (χ4v) is 4.80. The zero-order valence-corrected chi connectivity index (χ0v) is 20.7. The Morgan fingerprint density at radius 1 is 0.903 bits per heavy atom. The van der Waals surface area contributed by atoms with Crippen molar-refractivity contribution >= 4 is 5.91 Å². The molecule has 0 aliphatic heterocycles. The molecule has 0 spiro atoms. The van der Waals surface area contributed by atoms with Crippen molar-refractivity contribution in [1.82, 2.24) is 0 Å². The molecular weight excluding hydrogens is 386 g/mol. The second kappa shape index (κ2) is 18.4. The molecule has 182 valence electrons. The fourth-order valence-electron chi connectivity index (χ4n) is 4.80. The van der Waals surface area contributed by atoms with E-state index < -0.39 is 23.5 Å². The van der Waals surface area contributed by atoms with Gasteiger partial charge in [-0.2, -0.15) is 0 Å². The Morgan fingerprint density at radius 3 is 1.84 bits per heavy atom. The quantitative estimate of drug-likeness (QED) is 0.142. The van der Waals surface area contributed by atoms with Gasteiger partial charge in [-0.15, -0.1) is 6.58 Å². The molecule has 0 heterocycles. The fraction of sp³-hybridized carbons (Fsp3) is 0.815. The molecule has 0 aromatic heterocycles. The Morgan fingerprint density at radius 2 is 1.39 bits per heavy atom. The number of carbonyl (C=O) groups is 1. The summed E-state index contributed by atoms with van der Waals surface area (Å²) in [5.74, 6) is -0.422. The van der Waals surface area contributed by atoms with E-state index in [2.05, 4.69) is 25.7 Å². The molecule has 4 nitrogen and oxygen atoms in total. The first-order valence-corrected chi connectivity index (χ1v) is 12.7. The minimum absolute atomic E-state index is 0.00468. The lowest BCUT2D eigenvalue weighted by molar-refractivity contribution is -0.136. The highest BCUT2D eigenvalue weighted by molar-refractivity contribution is 5.81. The van der Waals surface area contributed by atoms with Crippen molar-refractivity contribution in [2.45, 2.75) is 129 Å². The molecule has 0 saturated heterocycles. The summed E-state index contributed by atoms with van der Waals surface area (Å²) in [5.41, 5.74) is 4.94. The molecule has 1 amide bonds. The molecule has 0 saturated carbocycles. The number of allylic oxidation sites excluding steroid dienone is 3. The van der Waals surface area contributed by atoms with Crippen LogP contribution in [-0.2, 0) is 4.79 Å². The molecular formula is C27H51NO3. The summed E-state index contributed by atoms with van der Waals surface area (Å²) in [7, 11) is 0. The van der Waals surface area contributed by atoms with Gasteiger partial charge >= 0.3 is 0 Å². The lowest BCUT2D eigenvalue weighted by Crippen LogP contribution is -2.47. The third kappa shape index (κ3) is 13.8. The molecule has 0 aliphatic rings. The molecule has 0 fully saturated rings. The van der Waals surface area contributed by atoms with Crippen molar-refractivity contribution in [2.75, 3.05) is 0 Å². The summed E-state index contributed by atoms with van der Waals surface area (Å²) in [4.78, 5) is 12.5. The molecule has 0 aromatic rings. The van der Waals surface area contributed by atoms with Crippen molar-refractivity contribution in [2.24, 2.45) is 17.1 Å². The summed E-state index contributed by atoms with van der Waals surface area (Å²) in [6.45, 7) is 9.48. The number of rotatable bonds is 21. The number of hydrogen-bond acceptors (Lipinski definition) is 3. The molecule has 0 aromatic carbocycles. The second-order valence-corrected chi connectivity index (χ2v) is 9.51. The Labute approximate surface area is 192 Å². The van der Waals surface area contributed by atoms with Crippen LogP contribution in [-0.4, -0.2) is 28.3 Å². The number of unbranched alkanes of at least 4 members (excludes halogenated alkanes) is 9. The van der Waals surface area contributed by atoms with Crippen LogP contribution in [0.5, 0.6) is 0 Å². The SMILES string of the molecule is C=CCC(CCCCC/C=C\CCCCCCCC)C(CC(C)O)(CC(C)O)C(N)=O. The van der Waals surface area contributed by atoms with Gasteiger partial charge < -0.3 is 15.9 Å². The van der Waals surface area contributed by atoms with Gasteiger partial charge in [0.05, 0.1) is 17.6 Å². The molecule has 4 N–H and O–H groups in total. The van der Waals surface area contributed by atoms with Crippen LogP contribution >= 0.6 is 0 Å². The first-order valence-electron chi connectivity index (χ1n) is 12.7. The van der Waals surface area contributed by atoms with E-state index in [4.69, 9.17) is 5.73 Å². The lowest BCUT2D eigenvalue weighted by atomic mass is 9.65. The van der Waals surface area contributed by atoms with Crippen molar-refractivity contribution in [3.63, 3.8) is 0 Å². The highest BCUT2D eigenvalue weighted by Gasteiger charge is 2.44. The van der Waals surface area contributed by atoms with Gasteiger partial charge in [-0.1, -0.05) is 70.1 Å². The van der Waals surface area contributed by atoms with Crippen LogP contribution in [0.3, 0.4) is 0 Å². The van der Waals surface area contributed by atoms with Crippen molar-refractivity contribution in [1.29, 1.82) is 0 Å². The Hall–Kier alpha value is -1.13. The number of aliphatic hydroxyl groups excluding tert-OH is 2. The van der Waals surface area contributed by atoms with Gasteiger partial charge in [-0.25, -0.2) is 0 Å². The van der Waals surface area contributed by atoms with Crippen LogP contribution in [0.1, 0.15) is 117 Å². The highest BCUT2D eigenvalue weighted by Crippen LogP contribution is 2.42. The molecule has 4 heteroatoms.